The van der Waals surface area contributed by atoms with Crippen LogP contribution in [0.25, 0.3) is 0 Å². The highest BCUT2D eigenvalue weighted by Crippen LogP contribution is 2.54. The lowest BCUT2D eigenvalue weighted by molar-refractivity contribution is 0.0959. The summed E-state index contributed by atoms with van der Waals surface area (Å²) in [4.78, 5) is 0. The highest BCUT2D eigenvalue weighted by molar-refractivity contribution is 5.46. The lowest BCUT2D eigenvalue weighted by Gasteiger charge is -2.36. The van der Waals surface area contributed by atoms with Gasteiger partial charge in [0.25, 0.3) is 0 Å². The van der Waals surface area contributed by atoms with Crippen molar-refractivity contribution in [2.45, 2.75) is 44.2 Å². The van der Waals surface area contributed by atoms with Gasteiger partial charge in [-0.2, -0.15) is 0 Å². The molecule has 6 rings (SSSR count). The van der Waals surface area contributed by atoms with Crippen LogP contribution < -0.4 is 14.2 Å². The molecular weight excluding hydrogens is 448 g/mol. The maximum Gasteiger partial charge on any atom is 0.127 e. The molecule has 182 valence electrons. The average Bonchev–Trinajstić information content (AvgIpc) is 3.33. The number of ether oxygens (including phenoxy) is 3. The number of hydrogen-bond donors (Lipinski definition) is 1. The first kappa shape index (κ1) is 22.7. The zero-order chi connectivity index (χ0) is 24.3. The molecule has 0 aromatic heterocycles. The second-order valence-electron chi connectivity index (χ2n) is 9.75. The normalized spacial score (nSPS) is 22.2. The fraction of sp³-hybridized carbons (Fsp3) is 0.250. The van der Waals surface area contributed by atoms with Gasteiger partial charge in [-0.3, -0.25) is 0 Å². The van der Waals surface area contributed by atoms with E-state index in [-0.39, 0.29) is 24.0 Å². The SMILES string of the molecule is O[C@@H]1C[C@H]2[C@@H](C1)c1cc(OCc3ccccc3)ccc1O[C@H]2c1ccc(OCc2ccccc2)cc1. The topological polar surface area (TPSA) is 47.9 Å². The van der Waals surface area contributed by atoms with Gasteiger partial charge in [0.1, 0.15) is 36.6 Å². The molecule has 4 heteroatoms. The Bertz CT molecular complexity index is 1290. The van der Waals surface area contributed by atoms with Crippen LogP contribution in [-0.4, -0.2) is 11.2 Å². The number of fused-ring (bicyclic) bond motifs is 3. The highest BCUT2D eigenvalue weighted by Gasteiger charge is 2.45. The molecule has 4 aromatic rings. The minimum absolute atomic E-state index is 0.0982. The van der Waals surface area contributed by atoms with Gasteiger partial charge in [-0.25, -0.2) is 0 Å². The summed E-state index contributed by atoms with van der Waals surface area (Å²) in [6.45, 7) is 1.07. The van der Waals surface area contributed by atoms with Gasteiger partial charge in [0, 0.05) is 11.5 Å². The van der Waals surface area contributed by atoms with Gasteiger partial charge in [0.15, 0.2) is 0 Å². The lowest BCUT2D eigenvalue weighted by Crippen LogP contribution is -2.26. The third kappa shape index (κ3) is 4.82. The minimum Gasteiger partial charge on any atom is -0.489 e. The molecule has 1 heterocycles. The zero-order valence-corrected chi connectivity index (χ0v) is 20.1. The maximum atomic E-state index is 10.6. The molecule has 0 amide bonds. The van der Waals surface area contributed by atoms with E-state index in [2.05, 4.69) is 42.5 Å². The quantitative estimate of drug-likeness (QED) is 0.316. The van der Waals surface area contributed by atoms with Crippen molar-refractivity contribution in [1.82, 2.24) is 0 Å². The summed E-state index contributed by atoms with van der Waals surface area (Å²) in [6, 6.07) is 34.6. The molecule has 0 saturated heterocycles. The Morgan fingerprint density at radius 3 is 1.97 bits per heavy atom. The first-order valence-corrected chi connectivity index (χ1v) is 12.6. The molecule has 1 saturated carbocycles. The van der Waals surface area contributed by atoms with E-state index in [0.29, 0.717) is 13.2 Å². The van der Waals surface area contributed by atoms with Gasteiger partial charge >= 0.3 is 0 Å². The second-order valence-corrected chi connectivity index (χ2v) is 9.75. The Balaban J connectivity index is 1.19. The zero-order valence-electron chi connectivity index (χ0n) is 20.1. The molecular formula is C32H30O4. The van der Waals surface area contributed by atoms with Crippen molar-refractivity contribution >= 4 is 0 Å². The Morgan fingerprint density at radius 1 is 0.694 bits per heavy atom. The molecule has 4 atom stereocenters. The van der Waals surface area contributed by atoms with E-state index in [0.717, 1.165) is 52.3 Å². The van der Waals surface area contributed by atoms with Crippen molar-refractivity contribution in [1.29, 1.82) is 0 Å². The fourth-order valence-corrected chi connectivity index (χ4v) is 5.52. The van der Waals surface area contributed by atoms with Gasteiger partial charge in [-0.1, -0.05) is 72.8 Å². The number of rotatable bonds is 7. The Hall–Kier alpha value is -3.76. The molecule has 4 nitrogen and oxygen atoms in total. The van der Waals surface area contributed by atoms with Crippen LogP contribution in [-0.2, 0) is 13.2 Å². The molecule has 2 aliphatic rings. The summed E-state index contributed by atoms with van der Waals surface area (Å²) in [6.07, 6.45) is 1.06. The van der Waals surface area contributed by atoms with Crippen molar-refractivity contribution in [2.75, 3.05) is 0 Å². The molecule has 1 aliphatic carbocycles. The predicted molar refractivity (Wildman–Crippen MR) is 139 cm³/mol. The largest absolute Gasteiger partial charge is 0.489 e. The molecule has 0 radical (unpaired) electrons. The van der Waals surface area contributed by atoms with E-state index in [1.54, 1.807) is 0 Å². The van der Waals surface area contributed by atoms with Gasteiger partial charge in [0.2, 0.25) is 0 Å². The van der Waals surface area contributed by atoms with E-state index in [1.165, 1.54) is 0 Å². The summed E-state index contributed by atoms with van der Waals surface area (Å²) >= 11 is 0. The molecule has 0 unspecified atom stereocenters. The highest BCUT2D eigenvalue weighted by atomic mass is 16.5. The second kappa shape index (κ2) is 10.1. The Labute approximate surface area is 212 Å². The molecule has 1 aliphatic heterocycles. The maximum absolute atomic E-state index is 10.6. The van der Waals surface area contributed by atoms with Gasteiger partial charge in [-0.15, -0.1) is 0 Å². The average molecular weight is 479 g/mol. The van der Waals surface area contributed by atoms with Crippen LogP contribution in [0.5, 0.6) is 17.2 Å². The lowest BCUT2D eigenvalue weighted by atomic mass is 9.80. The van der Waals surface area contributed by atoms with E-state index < -0.39 is 0 Å². The molecule has 1 N–H and O–H groups in total. The van der Waals surface area contributed by atoms with Crippen molar-refractivity contribution in [3.05, 3.63) is 125 Å². The monoisotopic (exact) mass is 478 g/mol. The third-order valence-electron chi connectivity index (χ3n) is 7.32. The molecule has 0 spiro atoms. The van der Waals surface area contributed by atoms with Crippen LogP contribution in [0.4, 0.5) is 0 Å². The van der Waals surface area contributed by atoms with Crippen LogP contribution in [0.2, 0.25) is 0 Å². The molecule has 36 heavy (non-hydrogen) atoms. The van der Waals surface area contributed by atoms with Crippen molar-refractivity contribution in [3.63, 3.8) is 0 Å². The summed E-state index contributed by atoms with van der Waals surface area (Å²) in [7, 11) is 0. The first-order valence-electron chi connectivity index (χ1n) is 12.6. The third-order valence-corrected chi connectivity index (χ3v) is 7.32. The van der Waals surface area contributed by atoms with E-state index in [4.69, 9.17) is 14.2 Å². The number of benzene rings is 4. The first-order chi connectivity index (χ1) is 17.7. The number of aliphatic hydroxyl groups is 1. The summed E-state index contributed by atoms with van der Waals surface area (Å²) in [5.41, 5.74) is 4.53. The number of aliphatic hydroxyl groups excluding tert-OH is 1. The number of hydrogen-bond acceptors (Lipinski definition) is 4. The molecule has 4 aromatic carbocycles. The van der Waals surface area contributed by atoms with Crippen LogP contribution >= 0.6 is 0 Å². The van der Waals surface area contributed by atoms with Crippen LogP contribution in [0.3, 0.4) is 0 Å². The molecule has 1 fully saturated rings. The minimum atomic E-state index is -0.320. The Morgan fingerprint density at radius 2 is 1.31 bits per heavy atom. The van der Waals surface area contributed by atoms with Crippen LogP contribution in [0, 0.1) is 5.92 Å². The van der Waals surface area contributed by atoms with E-state index >= 15 is 0 Å². The van der Waals surface area contributed by atoms with Crippen LogP contribution in [0.1, 0.15) is 47.1 Å². The standard InChI is InChI=1S/C32H30O4/c33-25-17-28-29-19-27(35-21-23-9-5-2-6-10-23)15-16-31(29)36-32(30(28)18-25)24-11-13-26(14-12-24)34-20-22-7-3-1-4-8-22/h1-16,19,25,28,30,32-33H,17-18,20-21H2/t25-,28-,30-,32-/m0/s1. The predicted octanol–water partition coefficient (Wildman–Crippen LogP) is 6.83. The van der Waals surface area contributed by atoms with Gasteiger partial charge in [-0.05, 0) is 65.8 Å². The van der Waals surface area contributed by atoms with Crippen LogP contribution in [0.15, 0.2) is 103 Å². The summed E-state index contributed by atoms with van der Waals surface area (Å²) < 4.78 is 18.6. The summed E-state index contributed by atoms with van der Waals surface area (Å²) in [5, 5.41) is 10.6. The van der Waals surface area contributed by atoms with Crippen molar-refractivity contribution in [2.24, 2.45) is 5.92 Å². The van der Waals surface area contributed by atoms with Gasteiger partial charge in [0.05, 0.1) is 6.10 Å². The molecule has 0 bridgehead atoms. The van der Waals surface area contributed by atoms with E-state index in [1.807, 2.05) is 60.7 Å². The fourth-order valence-electron chi connectivity index (χ4n) is 5.52. The Kier molecular flexibility index (Phi) is 6.35. The summed E-state index contributed by atoms with van der Waals surface area (Å²) in [5.74, 6) is 3.00. The van der Waals surface area contributed by atoms with Crippen molar-refractivity contribution < 1.29 is 19.3 Å². The van der Waals surface area contributed by atoms with Gasteiger partial charge < -0.3 is 19.3 Å². The van der Waals surface area contributed by atoms with Crippen molar-refractivity contribution in [3.8, 4) is 17.2 Å². The van der Waals surface area contributed by atoms with E-state index in [9.17, 15) is 5.11 Å². The smallest absolute Gasteiger partial charge is 0.127 e.